The van der Waals surface area contributed by atoms with E-state index >= 15 is 0 Å². The summed E-state index contributed by atoms with van der Waals surface area (Å²) in [4.78, 5) is 0. The molecule has 5 heteroatoms. The standard InChI is InChI=1S/C14H11BrFN3/c1-8-4-11(15)12(16)6-14(8)19-10-2-3-13(18)9(5-10)7-17/h2-6,19H,18H2,1H3. The molecule has 2 rings (SSSR count). The van der Waals surface area contributed by atoms with Crippen molar-refractivity contribution in [2.45, 2.75) is 6.92 Å². The fourth-order valence-electron chi connectivity index (χ4n) is 1.67. The maximum absolute atomic E-state index is 13.5. The van der Waals surface area contributed by atoms with Crippen molar-refractivity contribution in [2.24, 2.45) is 0 Å². The van der Waals surface area contributed by atoms with Crippen molar-refractivity contribution in [3.63, 3.8) is 0 Å². The first-order chi connectivity index (χ1) is 9.01. The lowest BCUT2D eigenvalue weighted by Crippen LogP contribution is -1.97. The van der Waals surface area contributed by atoms with E-state index in [4.69, 9.17) is 11.0 Å². The molecule has 0 spiro atoms. The van der Waals surface area contributed by atoms with Crippen LogP contribution in [0.4, 0.5) is 21.5 Å². The van der Waals surface area contributed by atoms with Crippen molar-refractivity contribution in [1.29, 1.82) is 5.26 Å². The van der Waals surface area contributed by atoms with Crippen molar-refractivity contribution in [1.82, 2.24) is 0 Å². The second-order valence-electron chi connectivity index (χ2n) is 4.12. The van der Waals surface area contributed by atoms with Crippen LogP contribution in [0.3, 0.4) is 0 Å². The number of nitrogens with zero attached hydrogens (tertiary/aromatic N) is 1. The van der Waals surface area contributed by atoms with Crippen molar-refractivity contribution >= 4 is 33.0 Å². The summed E-state index contributed by atoms with van der Waals surface area (Å²) in [6, 6.07) is 10.1. The highest BCUT2D eigenvalue weighted by molar-refractivity contribution is 9.10. The minimum absolute atomic E-state index is 0.343. The minimum atomic E-state index is -0.343. The zero-order valence-electron chi connectivity index (χ0n) is 10.2. The van der Waals surface area contributed by atoms with Crippen molar-refractivity contribution in [3.8, 4) is 6.07 Å². The van der Waals surface area contributed by atoms with Gasteiger partial charge in [0.15, 0.2) is 0 Å². The molecule has 96 valence electrons. The number of nitrogens with two attached hydrogens (primary N) is 1. The van der Waals surface area contributed by atoms with Crippen molar-refractivity contribution in [3.05, 3.63) is 51.7 Å². The topological polar surface area (TPSA) is 61.8 Å². The summed E-state index contributed by atoms with van der Waals surface area (Å²) < 4.78 is 13.9. The molecule has 0 radical (unpaired) electrons. The number of nitriles is 1. The van der Waals surface area contributed by atoms with Crippen molar-refractivity contribution in [2.75, 3.05) is 11.1 Å². The SMILES string of the molecule is Cc1cc(Br)c(F)cc1Nc1ccc(N)c(C#N)c1. The number of nitrogens with one attached hydrogen (secondary N) is 1. The van der Waals surface area contributed by atoms with E-state index in [1.807, 2.05) is 13.0 Å². The third-order valence-electron chi connectivity index (χ3n) is 2.72. The molecule has 0 bridgehead atoms. The van der Waals surface area contributed by atoms with E-state index in [0.29, 0.717) is 27.1 Å². The number of hydrogen-bond donors (Lipinski definition) is 2. The Morgan fingerprint density at radius 2 is 2.05 bits per heavy atom. The first-order valence-corrected chi connectivity index (χ1v) is 6.33. The Morgan fingerprint density at radius 3 is 2.74 bits per heavy atom. The third kappa shape index (κ3) is 2.85. The predicted molar refractivity (Wildman–Crippen MR) is 77.7 cm³/mol. The Balaban J connectivity index is 2.37. The van der Waals surface area contributed by atoms with E-state index < -0.39 is 0 Å². The Hall–Kier alpha value is -2.06. The molecule has 19 heavy (non-hydrogen) atoms. The zero-order chi connectivity index (χ0) is 14.0. The molecule has 0 fully saturated rings. The Morgan fingerprint density at radius 1 is 1.32 bits per heavy atom. The summed E-state index contributed by atoms with van der Waals surface area (Å²) in [5.41, 5.74) is 8.69. The Kier molecular flexibility index (Phi) is 3.72. The van der Waals surface area contributed by atoms with Crippen LogP contribution in [0.25, 0.3) is 0 Å². The highest BCUT2D eigenvalue weighted by atomic mass is 79.9. The largest absolute Gasteiger partial charge is 0.398 e. The third-order valence-corrected chi connectivity index (χ3v) is 3.33. The maximum Gasteiger partial charge on any atom is 0.139 e. The number of aryl methyl sites for hydroxylation is 1. The number of halogens is 2. The number of hydrogen-bond acceptors (Lipinski definition) is 3. The van der Waals surface area contributed by atoms with Crippen LogP contribution in [0.2, 0.25) is 0 Å². The molecule has 0 unspecified atom stereocenters. The van der Waals surface area contributed by atoms with Crippen LogP contribution >= 0.6 is 15.9 Å². The Bertz CT molecular complexity index is 677. The molecule has 0 aromatic heterocycles. The van der Waals surface area contributed by atoms with Gasteiger partial charge in [0, 0.05) is 17.1 Å². The van der Waals surface area contributed by atoms with Gasteiger partial charge in [0.25, 0.3) is 0 Å². The monoisotopic (exact) mass is 319 g/mol. The normalized spacial score (nSPS) is 10.0. The molecule has 0 amide bonds. The van der Waals surface area contributed by atoms with Gasteiger partial charge in [-0.15, -0.1) is 0 Å². The molecular formula is C14H11BrFN3. The van der Waals surface area contributed by atoms with Crippen molar-refractivity contribution < 1.29 is 4.39 Å². The fourth-order valence-corrected chi connectivity index (χ4v) is 2.13. The van der Waals surface area contributed by atoms with Gasteiger partial charge in [0.1, 0.15) is 11.9 Å². The lowest BCUT2D eigenvalue weighted by atomic mass is 10.1. The van der Waals surface area contributed by atoms with Gasteiger partial charge < -0.3 is 11.1 Å². The molecule has 3 N–H and O–H groups in total. The maximum atomic E-state index is 13.5. The van der Waals surface area contributed by atoms with E-state index in [-0.39, 0.29) is 5.82 Å². The average Bonchev–Trinajstić information content (AvgIpc) is 2.38. The van der Waals surface area contributed by atoms with Crippen LogP contribution in [0, 0.1) is 24.1 Å². The molecule has 0 heterocycles. The molecule has 2 aromatic rings. The molecular weight excluding hydrogens is 309 g/mol. The van der Waals surface area contributed by atoms with Gasteiger partial charge >= 0.3 is 0 Å². The van der Waals surface area contributed by atoms with E-state index in [1.54, 1.807) is 24.3 Å². The number of nitrogen functional groups attached to an aromatic ring is 1. The number of rotatable bonds is 2. The quantitative estimate of drug-likeness (QED) is 0.819. The molecule has 0 aliphatic heterocycles. The summed E-state index contributed by atoms with van der Waals surface area (Å²) in [6.45, 7) is 1.87. The highest BCUT2D eigenvalue weighted by Gasteiger charge is 2.07. The van der Waals surface area contributed by atoms with Gasteiger partial charge in [-0.2, -0.15) is 5.26 Å². The lowest BCUT2D eigenvalue weighted by molar-refractivity contribution is 0.621. The van der Waals surface area contributed by atoms with Gasteiger partial charge in [-0.25, -0.2) is 4.39 Å². The second-order valence-corrected chi connectivity index (χ2v) is 4.97. The lowest BCUT2D eigenvalue weighted by Gasteiger charge is -2.11. The summed E-state index contributed by atoms with van der Waals surface area (Å²) in [5, 5.41) is 12.0. The van der Waals surface area contributed by atoms with Gasteiger partial charge in [0.2, 0.25) is 0 Å². The molecule has 3 nitrogen and oxygen atoms in total. The molecule has 0 aliphatic rings. The first-order valence-electron chi connectivity index (χ1n) is 5.53. The van der Waals surface area contributed by atoms with E-state index in [0.717, 1.165) is 5.56 Å². The zero-order valence-corrected chi connectivity index (χ0v) is 11.8. The average molecular weight is 320 g/mol. The second kappa shape index (κ2) is 5.29. The summed E-state index contributed by atoms with van der Waals surface area (Å²) in [5.74, 6) is -0.343. The predicted octanol–water partition coefficient (Wildman–Crippen LogP) is 4.09. The van der Waals surface area contributed by atoms with E-state index in [2.05, 4.69) is 21.2 Å². The van der Waals surface area contributed by atoms with E-state index in [1.165, 1.54) is 6.07 Å². The molecule has 0 aliphatic carbocycles. The summed E-state index contributed by atoms with van der Waals surface area (Å²) in [6.07, 6.45) is 0. The minimum Gasteiger partial charge on any atom is -0.398 e. The van der Waals surface area contributed by atoms with Crippen LogP contribution in [-0.4, -0.2) is 0 Å². The Labute approximate surface area is 119 Å². The van der Waals surface area contributed by atoms with Crippen LogP contribution in [-0.2, 0) is 0 Å². The molecule has 2 aromatic carbocycles. The first kappa shape index (κ1) is 13.4. The van der Waals surface area contributed by atoms with Gasteiger partial charge in [-0.3, -0.25) is 0 Å². The highest BCUT2D eigenvalue weighted by Crippen LogP contribution is 2.27. The van der Waals surface area contributed by atoms with Crippen LogP contribution in [0.15, 0.2) is 34.8 Å². The summed E-state index contributed by atoms with van der Waals surface area (Å²) >= 11 is 3.14. The molecule has 0 saturated heterocycles. The number of benzene rings is 2. The summed E-state index contributed by atoms with van der Waals surface area (Å²) in [7, 11) is 0. The van der Waals surface area contributed by atoms with Gasteiger partial charge in [-0.1, -0.05) is 0 Å². The van der Waals surface area contributed by atoms with Crippen LogP contribution < -0.4 is 11.1 Å². The van der Waals surface area contributed by atoms with E-state index in [9.17, 15) is 4.39 Å². The van der Waals surface area contributed by atoms with Gasteiger partial charge in [0.05, 0.1) is 10.0 Å². The van der Waals surface area contributed by atoms with Gasteiger partial charge in [-0.05, 0) is 58.7 Å². The molecule has 0 atom stereocenters. The smallest absolute Gasteiger partial charge is 0.139 e. The molecule has 0 saturated carbocycles. The number of anilines is 3. The fraction of sp³-hybridized carbons (Fsp3) is 0.0714. The van der Waals surface area contributed by atoms with Crippen LogP contribution in [0.5, 0.6) is 0 Å². The van der Waals surface area contributed by atoms with Crippen LogP contribution in [0.1, 0.15) is 11.1 Å².